The number of hydrogen-bond donors (Lipinski definition) is 1. The summed E-state index contributed by atoms with van der Waals surface area (Å²) in [6.45, 7) is 3.29. The van der Waals surface area contributed by atoms with Gasteiger partial charge in [0, 0.05) is 13.1 Å². The fourth-order valence-corrected chi connectivity index (χ4v) is 1.67. The number of nitrogens with one attached hydrogen (secondary N) is 1. The van der Waals surface area contributed by atoms with Crippen molar-refractivity contribution in [1.29, 1.82) is 0 Å². The minimum Gasteiger partial charge on any atom is -0.494 e. The number of benzene rings is 1. The first-order valence-corrected chi connectivity index (χ1v) is 5.84. The standard InChI is InChI=1S/C13H19FN2O2/c1-4-15-13(17)9-16(2)8-10-5-6-12(18-3)11(14)7-10/h5-7H,4,8-9H2,1-3H3,(H,15,17). The zero-order chi connectivity index (χ0) is 13.5. The van der Waals surface area contributed by atoms with Gasteiger partial charge in [0.1, 0.15) is 0 Å². The molecule has 4 nitrogen and oxygen atoms in total. The molecule has 0 atom stereocenters. The number of carbonyl (C=O) groups excluding carboxylic acids is 1. The third-order valence-corrected chi connectivity index (χ3v) is 2.46. The van der Waals surface area contributed by atoms with Gasteiger partial charge in [0.05, 0.1) is 13.7 Å². The Hall–Kier alpha value is -1.62. The molecule has 0 aliphatic carbocycles. The molecular formula is C13H19FN2O2. The first kappa shape index (κ1) is 14.4. The Bertz CT molecular complexity index is 410. The van der Waals surface area contributed by atoms with Crippen LogP contribution >= 0.6 is 0 Å². The van der Waals surface area contributed by atoms with E-state index >= 15 is 0 Å². The third-order valence-electron chi connectivity index (χ3n) is 2.46. The highest BCUT2D eigenvalue weighted by atomic mass is 19.1. The molecule has 0 heterocycles. The number of ether oxygens (including phenoxy) is 1. The molecule has 0 saturated heterocycles. The second kappa shape index (κ2) is 6.96. The van der Waals surface area contributed by atoms with E-state index in [9.17, 15) is 9.18 Å². The summed E-state index contributed by atoms with van der Waals surface area (Å²) in [5.74, 6) is -0.194. The average Bonchev–Trinajstić information content (AvgIpc) is 2.29. The van der Waals surface area contributed by atoms with Crippen molar-refractivity contribution < 1.29 is 13.9 Å². The Morgan fingerprint density at radius 1 is 1.50 bits per heavy atom. The Kier molecular flexibility index (Phi) is 5.58. The van der Waals surface area contributed by atoms with Crippen LogP contribution in [-0.2, 0) is 11.3 Å². The van der Waals surface area contributed by atoms with E-state index in [1.54, 1.807) is 12.1 Å². The van der Waals surface area contributed by atoms with Crippen molar-refractivity contribution in [2.75, 3.05) is 27.2 Å². The third kappa shape index (κ3) is 4.33. The zero-order valence-corrected chi connectivity index (χ0v) is 11.0. The van der Waals surface area contributed by atoms with Gasteiger partial charge in [-0.2, -0.15) is 0 Å². The van der Waals surface area contributed by atoms with Crippen molar-refractivity contribution in [3.05, 3.63) is 29.6 Å². The number of nitrogens with zero attached hydrogens (tertiary/aromatic N) is 1. The van der Waals surface area contributed by atoms with Crippen LogP contribution in [0.5, 0.6) is 5.75 Å². The SMILES string of the molecule is CCNC(=O)CN(C)Cc1ccc(OC)c(F)c1. The number of halogens is 1. The van der Waals surface area contributed by atoms with Crippen LogP contribution in [0, 0.1) is 5.82 Å². The molecule has 0 saturated carbocycles. The summed E-state index contributed by atoms with van der Waals surface area (Å²) in [7, 11) is 3.25. The molecule has 1 rings (SSSR count). The van der Waals surface area contributed by atoms with Crippen LogP contribution in [0.2, 0.25) is 0 Å². The van der Waals surface area contributed by atoms with E-state index in [2.05, 4.69) is 5.32 Å². The van der Waals surface area contributed by atoms with Gasteiger partial charge in [0.25, 0.3) is 0 Å². The molecule has 0 aromatic heterocycles. The van der Waals surface area contributed by atoms with E-state index in [1.807, 2.05) is 18.9 Å². The topological polar surface area (TPSA) is 41.6 Å². The molecule has 5 heteroatoms. The second-order valence-electron chi connectivity index (χ2n) is 4.09. The van der Waals surface area contributed by atoms with Crippen LogP contribution in [-0.4, -0.2) is 38.1 Å². The van der Waals surface area contributed by atoms with E-state index in [4.69, 9.17) is 4.74 Å². The average molecular weight is 254 g/mol. The van der Waals surface area contributed by atoms with E-state index in [1.165, 1.54) is 13.2 Å². The Labute approximate surface area is 107 Å². The summed E-state index contributed by atoms with van der Waals surface area (Å²) >= 11 is 0. The number of rotatable bonds is 6. The molecule has 1 aromatic rings. The van der Waals surface area contributed by atoms with Crippen LogP contribution in [0.15, 0.2) is 18.2 Å². The second-order valence-corrected chi connectivity index (χ2v) is 4.09. The summed E-state index contributed by atoms with van der Waals surface area (Å²) in [6.07, 6.45) is 0. The molecular weight excluding hydrogens is 235 g/mol. The number of carbonyl (C=O) groups is 1. The number of hydrogen-bond acceptors (Lipinski definition) is 3. The summed E-state index contributed by atoms with van der Waals surface area (Å²) in [5.41, 5.74) is 0.806. The maximum absolute atomic E-state index is 13.5. The van der Waals surface area contributed by atoms with E-state index in [0.29, 0.717) is 19.6 Å². The first-order valence-electron chi connectivity index (χ1n) is 5.84. The monoisotopic (exact) mass is 254 g/mol. The number of methoxy groups -OCH3 is 1. The molecule has 0 fully saturated rings. The van der Waals surface area contributed by atoms with Crippen molar-refractivity contribution in [1.82, 2.24) is 10.2 Å². The van der Waals surface area contributed by atoms with E-state index in [-0.39, 0.29) is 17.5 Å². The van der Waals surface area contributed by atoms with Crippen LogP contribution in [0.1, 0.15) is 12.5 Å². The van der Waals surface area contributed by atoms with Gasteiger partial charge < -0.3 is 10.1 Å². The highest BCUT2D eigenvalue weighted by Gasteiger charge is 2.08. The lowest BCUT2D eigenvalue weighted by atomic mass is 10.2. The fourth-order valence-electron chi connectivity index (χ4n) is 1.67. The molecule has 0 unspecified atom stereocenters. The molecule has 1 amide bonds. The normalized spacial score (nSPS) is 10.5. The lowest BCUT2D eigenvalue weighted by Crippen LogP contribution is -2.34. The lowest BCUT2D eigenvalue weighted by molar-refractivity contribution is -0.121. The smallest absolute Gasteiger partial charge is 0.234 e. The Morgan fingerprint density at radius 2 is 2.22 bits per heavy atom. The van der Waals surface area contributed by atoms with Crippen LogP contribution in [0.3, 0.4) is 0 Å². The lowest BCUT2D eigenvalue weighted by Gasteiger charge is -2.16. The van der Waals surface area contributed by atoms with Gasteiger partial charge in [-0.3, -0.25) is 9.69 Å². The molecule has 0 aliphatic heterocycles. The maximum atomic E-state index is 13.5. The molecule has 1 aromatic carbocycles. The van der Waals surface area contributed by atoms with Gasteiger partial charge in [0.15, 0.2) is 11.6 Å². The first-order chi connectivity index (χ1) is 8.56. The molecule has 0 spiro atoms. The largest absolute Gasteiger partial charge is 0.494 e. The number of amides is 1. The fraction of sp³-hybridized carbons (Fsp3) is 0.462. The van der Waals surface area contributed by atoms with Gasteiger partial charge in [-0.25, -0.2) is 4.39 Å². The maximum Gasteiger partial charge on any atom is 0.234 e. The van der Waals surface area contributed by atoms with Crippen molar-refractivity contribution in [3.8, 4) is 5.75 Å². The van der Waals surface area contributed by atoms with Gasteiger partial charge in [0.2, 0.25) is 5.91 Å². The summed E-state index contributed by atoms with van der Waals surface area (Å²) in [5, 5.41) is 2.72. The molecule has 18 heavy (non-hydrogen) atoms. The van der Waals surface area contributed by atoms with Gasteiger partial charge >= 0.3 is 0 Å². The number of likely N-dealkylation sites (N-methyl/N-ethyl adjacent to an activating group) is 2. The Balaban J connectivity index is 2.56. The van der Waals surface area contributed by atoms with Gasteiger partial charge in [-0.1, -0.05) is 6.07 Å². The quantitative estimate of drug-likeness (QED) is 0.834. The summed E-state index contributed by atoms with van der Waals surface area (Å²) in [6, 6.07) is 4.80. The molecule has 0 bridgehead atoms. The highest BCUT2D eigenvalue weighted by molar-refractivity contribution is 5.77. The predicted octanol–water partition coefficient (Wildman–Crippen LogP) is 1.40. The van der Waals surface area contributed by atoms with E-state index < -0.39 is 0 Å². The molecule has 0 radical (unpaired) electrons. The van der Waals surface area contributed by atoms with Crippen molar-refractivity contribution in [3.63, 3.8) is 0 Å². The minimum atomic E-state index is -0.388. The predicted molar refractivity (Wildman–Crippen MR) is 68.0 cm³/mol. The summed E-state index contributed by atoms with van der Waals surface area (Å²) in [4.78, 5) is 13.2. The molecule has 1 N–H and O–H groups in total. The zero-order valence-electron chi connectivity index (χ0n) is 11.0. The van der Waals surface area contributed by atoms with Gasteiger partial charge in [-0.05, 0) is 31.7 Å². The van der Waals surface area contributed by atoms with Crippen molar-refractivity contribution in [2.24, 2.45) is 0 Å². The summed E-state index contributed by atoms with van der Waals surface area (Å²) < 4.78 is 18.3. The van der Waals surface area contributed by atoms with Crippen LogP contribution in [0.25, 0.3) is 0 Å². The minimum absolute atomic E-state index is 0.0333. The highest BCUT2D eigenvalue weighted by Crippen LogP contribution is 2.18. The van der Waals surface area contributed by atoms with E-state index in [0.717, 1.165) is 5.56 Å². The molecule has 0 aliphatic rings. The van der Waals surface area contributed by atoms with Crippen molar-refractivity contribution >= 4 is 5.91 Å². The van der Waals surface area contributed by atoms with Gasteiger partial charge in [-0.15, -0.1) is 0 Å². The van der Waals surface area contributed by atoms with Crippen LogP contribution in [0.4, 0.5) is 4.39 Å². The van der Waals surface area contributed by atoms with Crippen LogP contribution < -0.4 is 10.1 Å². The van der Waals surface area contributed by atoms with Crippen molar-refractivity contribution in [2.45, 2.75) is 13.5 Å². The molecule has 100 valence electrons. The Morgan fingerprint density at radius 3 is 2.78 bits per heavy atom.